The lowest BCUT2D eigenvalue weighted by atomic mass is 9.78. The van der Waals surface area contributed by atoms with Crippen LogP contribution in [0.25, 0.3) is 33.6 Å². The number of anilines is 1. The van der Waals surface area contributed by atoms with E-state index in [1.165, 1.54) is 26.6 Å². The number of ether oxygens (including phenoxy) is 2. The quantitative estimate of drug-likeness (QED) is 0.0900. The molecule has 3 amide bonds. The average Bonchev–Trinajstić information content (AvgIpc) is 4.10. The van der Waals surface area contributed by atoms with Gasteiger partial charge in [0.05, 0.1) is 49.0 Å². The van der Waals surface area contributed by atoms with Gasteiger partial charge in [0.2, 0.25) is 11.8 Å². The Morgan fingerprint density at radius 2 is 1.44 bits per heavy atom. The van der Waals surface area contributed by atoms with Crippen LogP contribution in [-0.2, 0) is 19.1 Å². The van der Waals surface area contributed by atoms with Crippen molar-refractivity contribution in [3.8, 4) is 33.6 Å². The molecule has 5 N–H and O–H groups in total. The maximum Gasteiger partial charge on any atom is 0.407 e. The van der Waals surface area contributed by atoms with Gasteiger partial charge in [-0.2, -0.15) is 0 Å². The Balaban J connectivity index is 0.918. The van der Waals surface area contributed by atoms with Crippen molar-refractivity contribution in [3.05, 3.63) is 90.1 Å². The predicted molar refractivity (Wildman–Crippen MR) is 212 cm³/mol. The number of H-pyrrole nitrogens is 2. The molecule has 57 heavy (non-hydrogen) atoms. The summed E-state index contributed by atoms with van der Waals surface area (Å²) in [5, 5.41) is 2.81. The molecule has 2 aliphatic carbocycles. The molecule has 4 heterocycles. The zero-order valence-corrected chi connectivity index (χ0v) is 32.6. The lowest BCUT2D eigenvalue weighted by Crippen LogP contribution is -2.54. The Kier molecular flexibility index (Phi) is 10.9. The van der Waals surface area contributed by atoms with Crippen molar-refractivity contribution in [2.24, 2.45) is 17.8 Å². The summed E-state index contributed by atoms with van der Waals surface area (Å²) < 4.78 is 10.1. The lowest BCUT2D eigenvalue weighted by Gasteiger charge is -2.30. The molecule has 5 aromatic rings. The second-order valence-electron chi connectivity index (χ2n) is 15.0. The Bertz CT molecular complexity index is 2230. The van der Waals surface area contributed by atoms with Crippen molar-refractivity contribution in [2.75, 3.05) is 26.2 Å². The van der Waals surface area contributed by atoms with E-state index >= 15 is 0 Å². The molecule has 3 fully saturated rings. The molecule has 2 unspecified atom stereocenters. The minimum atomic E-state index is -0.892. The molecule has 3 aliphatic rings. The summed E-state index contributed by atoms with van der Waals surface area (Å²) in [4.78, 5) is 65.5. The molecule has 0 radical (unpaired) electrons. The van der Waals surface area contributed by atoms with Gasteiger partial charge in [0.1, 0.15) is 17.7 Å². The molecule has 1 aliphatic heterocycles. The first-order chi connectivity index (χ1) is 27.7. The maximum atomic E-state index is 13.6. The third kappa shape index (κ3) is 7.68. The molecule has 2 bridgehead atoms. The van der Waals surface area contributed by atoms with Gasteiger partial charge < -0.3 is 29.7 Å². The Hall–Kier alpha value is -5.80. The van der Waals surface area contributed by atoms with Gasteiger partial charge in [-0.15, -0.1) is 0 Å². The summed E-state index contributed by atoms with van der Waals surface area (Å²) in [5.74, 6) is 1.96. The number of benzene rings is 2. The molecule has 16 heteroatoms. The highest BCUT2D eigenvalue weighted by Crippen LogP contribution is 2.56. The third-order valence-electron chi connectivity index (χ3n) is 11.8. The fourth-order valence-corrected chi connectivity index (χ4v) is 9.01. The van der Waals surface area contributed by atoms with E-state index in [2.05, 4.69) is 89.6 Å². The number of carbonyl (C=O) groups is 3. The zero-order valence-electron chi connectivity index (χ0n) is 31.9. The van der Waals surface area contributed by atoms with E-state index in [4.69, 9.17) is 26.1 Å². The van der Waals surface area contributed by atoms with E-state index in [1.807, 2.05) is 6.20 Å². The average molecular weight is 793 g/mol. The van der Waals surface area contributed by atoms with Gasteiger partial charge >= 0.3 is 6.09 Å². The van der Waals surface area contributed by atoms with Crippen molar-refractivity contribution < 1.29 is 23.9 Å². The van der Waals surface area contributed by atoms with Crippen LogP contribution in [0.15, 0.2) is 73.3 Å². The summed E-state index contributed by atoms with van der Waals surface area (Å²) in [6, 6.07) is 15.4. The molecule has 1 saturated heterocycles. The number of likely N-dealkylation sites (tertiary alicyclic amines) is 1. The number of carbonyl (C=O) groups excluding carboxylic acids is 3. The first-order valence-corrected chi connectivity index (χ1v) is 19.6. The lowest BCUT2D eigenvalue weighted by molar-refractivity contribution is -0.137. The molecule has 7 atom stereocenters. The zero-order chi connectivity index (χ0) is 39.6. The summed E-state index contributed by atoms with van der Waals surface area (Å²) in [7, 11) is 2.76. The number of aromatic amines is 2. The number of nitrogens with zero attached hydrogens (tertiary/aromatic N) is 5. The number of amides is 3. The van der Waals surface area contributed by atoms with Crippen LogP contribution in [0, 0.1) is 17.8 Å². The summed E-state index contributed by atoms with van der Waals surface area (Å²) in [5.41, 5.74) is 11.5. The standard InChI is InChI=1S/C41H45ClN10O5/c1-22(56-2)34(49-41(55)57-3)40(54)52-18-4-5-31(52)36-45-20-29(47-36)25-10-6-23(7-11-25)24-8-12-26(13-9-24)30-21-46-37(48-30)32-27-14-15-28(19-27)33(32)39(53)51-50-38-35(42)43-16-17-44-38/h6-13,16-17,20-22,27-28,31-34H,4-5,14-15,18-19H2,1-3H3,(H,44,50)(H,45,47)(H,46,48)(H,49,55)(H,51,53)/t22-,27?,28?,31+,32-,33-,34+/m1/s1. The second kappa shape index (κ2) is 16.4. The van der Waals surface area contributed by atoms with Crippen LogP contribution in [-0.4, -0.2) is 85.6 Å². The van der Waals surface area contributed by atoms with Gasteiger partial charge in [-0.25, -0.2) is 24.7 Å². The van der Waals surface area contributed by atoms with E-state index in [-0.39, 0.29) is 34.8 Å². The Morgan fingerprint density at radius 1 is 0.825 bits per heavy atom. The Morgan fingerprint density at radius 3 is 2.09 bits per heavy atom. The van der Waals surface area contributed by atoms with Crippen molar-refractivity contribution >= 4 is 35.3 Å². The SMILES string of the molecule is COC(=O)N[C@H](C(=O)N1CCC[C@H]1c1ncc(-c2ccc(-c3ccc(-c4cnc([C@@H]5C6CCC(C6)[C@H]5C(=O)NNc5nccnc5Cl)[nH]4)cc3)cc2)[nH]1)[C@@H](C)OC. The van der Waals surface area contributed by atoms with E-state index in [0.29, 0.717) is 30.0 Å². The minimum absolute atomic E-state index is 0.00707. The molecular weight excluding hydrogens is 748 g/mol. The molecule has 2 aromatic carbocycles. The van der Waals surface area contributed by atoms with Crippen LogP contribution in [0.4, 0.5) is 10.6 Å². The third-order valence-corrected chi connectivity index (χ3v) is 12.1. The predicted octanol–water partition coefficient (Wildman–Crippen LogP) is 6.27. The molecule has 2 saturated carbocycles. The monoisotopic (exact) mass is 792 g/mol. The number of hydrogen-bond donors (Lipinski definition) is 5. The van der Waals surface area contributed by atoms with Crippen LogP contribution in [0.1, 0.15) is 62.6 Å². The summed E-state index contributed by atoms with van der Waals surface area (Å²) >= 11 is 6.12. The molecule has 15 nitrogen and oxygen atoms in total. The van der Waals surface area contributed by atoms with E-state index in [1.54, 1.807) is 18.0 Å². The molecule has 3 aromatic heterocycles. The van der Waals surface area contributed by atoms with E-state index in [9.17, 15) is 14.4 Å². The highest BCUT2D eigenvalue weighted by atomic mass is 35.5. The fourth-order valence-electron chi connectivity index (χ4n) is 8.86. The minimum Gasteiger partial charge on any atom is -0.453 e. The Labute approximate surface area is 334 Å². The first kappa shape index (κ1) is 38.1. The molecule has 296 valence electrons. The number of halogens is 1. The number of imidazole rings is 2. The molecule has 8 rings (SSSR count). The molecular formula is C41H45ClN10O5. The summed E-state index contributed by atoms with van der Waals surface area (Å²) in [6.07, 6.45) is 10.1. The topological polar surface area (TPSA) is 192 Å². The number of alkyl carbamates (subject to hydrolysis) is 1. The second-order valence-corrected chi connectivity index (χ2v) is 15.3. The van der Waals surface area contributed by atoms with Gasteiger partial charge in [-0.1, -0.05) is 60.1 Å². The molecule has 0 spiro atoms. The van der Waals surface area contributed by atoms with Crippen molar-refractivity contribution in [3.63, 3.8) is 0 Å². The van der Waals surface area contributed by atoms with Crippen LogP contribution in [0.2, 0.25) is 5.15 Å². The number of hydrogen-bond acceptors (Lipinski definition) is 10. The highest BCUT2D eigenvalue weighted by molar-refractivity contribution is 6.31. The number of rotatable bonds is 12. The van der Waals surface area contributed by atoms with Crippen LogP contribution < -0.4 is 16.2 Å². The van der Waals surface area contributed by atoms with E-state index < -0.39 is 18.2 Å². The van der Waals surface area contributed by atoms with Gasteiger partial charge in [-0.05, 0) is 73.1 Å². The van der Waals surface area contributed by atoms with Crippen molar-refractivity contribution in [1.29, 1.82) is 0 Å². The largest absolute Gasteiger partial charge is 0.453 e. The number of hydrazine groups is 1. The van der Waals surface area contributed by atoms with Crippen LogP contribution in [0.5, 0.6) is 0 Å². The summed E-state index contributed by atoms with van der Waals surface area (Å²) in [6.45, 7) is 2.28. The van der Waals surface area contributed by atoms with E-state index in [0.717, 1.165) is 71.6 Å². The van der Waals surface area contributed by atoms with Gasteiger partial charge in [-0.3, -0.25) is 20.4 Å². The van der Waals surface area contributed by atoms with Gasteiger partial charge in [0.25, 0.3) is 0 Å². The van der Waals surface area contributed by atoms with Crippen LogP contribution in [0.3, 0.4) is 0 Å². The normalized spacial score (nSPS) is 22.2. The van der Waals surface area contributed by atoms with Crippen molar-refractivity contribution in [1.82, 2.24) is 45.5 Å². The van der Waals surface area contributed by atoms with Crippen LogP contribution >= 0.6 is 11.6 Å². The van der Waals surface area contributed by atoms with Crippen molar-refractivity contribution in [2.45, 2.75) is 63.1 Å². The van der Waals surface area contributed by atoms with Gasteiger partial charge in [0.15, 0.2) is 11.0 Å². The number of aromatic nitrogens is 6. The number of methoxy groups -OCH3 is 2. The van der Waals surface area contributed by atoms with Gasteiger partial charge in [0, 0.05) is 32.0 Å². The first-order valence-electron chi connectivity index (χ1n) is 19.2. The number of fused-ring (bicyclic) bond motifs is 2. The maximum absolute atomic E-state index is 13.6. The highest BCUT2D eigenvalue weighted by Gasteiger charge is 2.52. The fraction of sp³-hybridized carbons (Fsp3) is 0.390. The smallest absolute Gasteiger partial charge is 0.407 e. The number of nitrogens with one attached hydrogen (secondary N) is 5.